The van der Waals surface area contributed by atoms with Crippen LogP contribution in [-0.2, 0) is 42.9 Å². The van der Waals surface area contributed by atoms with Gasteiger partial charge >= 0.3 is 17.9 Å². The summed E-state index contributed by atoms with van der Waals surface area (Å²) in [5.41, 5.74) is 0. The van der Waals surface area contributed by atoms with Gasteiger partial charge in [-0.1, -0.05) is 0 Å². The minimum absolute atomic E-state index is 0.236. The predicted molar refractivity (Wildman–Crippen MR) is 78.9 cm³/mol. The zero-order valence-corrected chi connectivity index (χ0v) is 14.3. The van der Waals surface area contributed by atoms with Gasteiger partial charge in [-0.05, 0) is 6.92 Å². The van der Waals surface area contributed by atoms with E-state index < -0.39 is 60.6 Å². The number of ether oxygens (including phenoxy) is 5. The van der Waals surface area contributed by atoms with Crippen molar-refractivity contribution in [2.45, 2.75) is 64.4 Å². The highest BCUT2D eigenvalue weighted by Crippen LogP contribution is 2.30. The van der Waals surface area contributed by atoms with E-state index in [9.17, 15) is 19.2 Å². The highest BCUT2D eigenvalue weighted by atomic mass is 16.7. The van der Waals surface area contributed by atoms with E-state index in [0.29, 0.717) is 0 Å². The number of amides is 1. The normalized spacial score (nSPS) is 34.3. The lowest BCUT2D eigenvalue weighted by molar-refractivity contribution is -0.293. The average Bonchev–Trinajstić information content (AvgIpc) is 2.49. The molecule has 1 N–H and O–H groups in total. The second-order valence-corrected chi connectivity index (χ2v) is 5.81. The van der Waals surface area contributed by atoms with E-state index in [0.717, 1.165) is 0 Å². The maximum absolute atomic E-state index is 11.9. The average molecular weight is 359 g/mol. The van der Waals surface area contributed by atoms with Crippen molar-refractivity contribution in [3.63, 3.8) is 0 Å². The molecule has 2 aliphatic rings. The van der Waals surface area contributed by atoms with Gasteiger partial charge in [0.15, 0.2) is 18.5 Å². The van der Waals surface area contributed by atoms with Gasteiger partial charge in [0, 0.05) is 20.8 Å². The Morgan fingerprint density at radius 3 is 2.16 bits per heavy atom. The summed E-state index contributed by atoms with van der Waals surface area (Å²) >= 11 is 0. The van der Waals surface area contributed by atoms with E-state index in [1.807, 2.05) is 0 Å². The van der Waals surface area contributed by atoms with Gasteiger partial charge < -0.3 is 29.0 Å². The molecule has 10 nitrogen and oxygen atoms in total. The van der Waals surface area contributed by atoms with Crippen LogP contribution < -0.4 is 5.32 Å². The van der Waals surface area contributed by atoms with E-state index in [2.05, 4.69) is 5.32 Å². The lowest BCUT2D eigenvalue weighted by Gasteiger charge is -2.47. The Morgan fingerprint density at radius 1 is 1.00 bits per heavy atom. The number of carbonyl (C=O) groups excluding carboxylic acids is 4. The van der Waals surface area contributed by atoms with Crippen LogP contribution in [0.3, 0.4) is 0 Å². The number of hydrogen-bond donors (Lipinski definition) is 1. The Balaban J connectivity index is 2.30. The molecule has 0 aromatic carbocycles. The maximum atomic E-state index is 11.9. The number of morpholine rings is 1. The van der Waals surface area contributed by atoms with Crippen molar-refractivity contribution in [2.24, 2.45) is 0 Å². The fraction of sp³-hybridized carbons (Fsp3) is 0.733. The molecule has 1 amide bonds. The molecule has 0 aromatic rings. The highest BCUT2D eigenvalue weighted by Gasteiger charge is 2.53. The van der Waals surface area contributed by atoms with Crippen molar-refractivity contribution >= 4 is 23.8 Å². The molecule has 0 spiro atoms. The summed E-state index contributed by atoms with van der Waals surface area (Å²) in [7, 11) is 0. The first kappa shape index (κ1) is 19.1. The van der Waals surface area contributed by atoms with Crippen LogP contribution in [0, 0.1) is 0 Å². The van der Waals surface area contributed by atoms with Gasteiger partial charge in [-0.3, -0.25) is 19.2 Å². The molecule has 2 heterocycles. The van der Waals surface area contributed by atoms with Crippen molar-refractivity contribution in [3.05, 3.63) is 0 Å². The third-order valence-electron chi connectivity index (χ3n) is 3.72. The zero-order chi connectivity index (χ0) is 18.7. The van der Waals surface area contributed by atoms with Gasteiger partial charge in [-0.2, -0.15) is 0 Å². The molecule has 2 aliphatic heterocycles. The third-order valence-corrected chi connectivity index (χ3v) is 3.72. The van der Waals surface area contributed by atoms with Crippen LogP contribution in [0.4, 0.5) is 0 Å². The first-order chi connectivity index (χ1) is 11.7. The van der Waals surface area contributed by atoms with Crippen LogP contribution in [0.1, 0.15) is 27.7 Å². The van der Waals surface area contributed by atoms with Gasteiger partial charge in [0.1, 0.15) is 24.9 Å². The summed E-state index contributed by atoms with van der Waals surface area (Å²) in [6.45, 7) is 4.88. The van der Waals surface area contributed by atoms with Crippen molar-refractivity contribution in [2.75, 3.05) is 6.61 Å². The Labute approximate surface area is 144 Å². The molecule has 0 unspecified atom stereocenters. The molecule has 10 heteroatoms. The number of rotatable bonds is 4. The molecule has 0 radical (unpaired) electrons. The van der Waals surface area contributed by atoms with Crippen LogP contribution in [0.2, 0.25) is 0 Å². The molecular weight excluding hydrogens is 338 g/mol. The molecule has 0 aromatic heterocycles. The molecule has 2 rings (SSSR count). The summed E-state index contributed by atoms with van der Waals surface area (Å²) < 4.78 is 26.6. The Kier molecular flexibility index (Phi) is 5.96. The summed E-state index contributed by atoms with van der Waals surface area (Å²) in [4.78, 5) is 45.9. The number of fused-ring (bicyclic) bond motifs is 1. The Bertz CT molecular complexity index is 563. The molecule has 140 valence electrons. The largest absolute Gasteiger partial charge is 0.463 e. The molecular formula is C15H21NO9. The predicted octanol–water partition coefficient (Wildman–Crippen LogP) is -0.959. The first-order valence-electron chi connectivity index (χ1n) is 7.78. The fourth-order valence-electron chi connectivity index (χ4n) is 2.72. The zero-order valence-electron chi connectivity index (χ0n) is 14.3. The first-order valence-corrected chi connectivity index (χ1v) is 7.78. The van der Waals surface area contributed by atoms with Crippen molar-refractivity contribution in [3.8, 4) is 0 Å². The van der Waals surface area contributed by atoms with E-state index in [1.54, 1.807) is 0 Å². The molecule has 0 saturated carbocycles. The summed E-state index contributed by atoms with van der Waals surface area (Å²) in [6, 6.07) is -0.870. The molecule has 2 saturated heterocycles. The SMILES string of the molecule is CC(=O)OC[C@H]1O[C@H]2O[C@H](C)C(=O)N[C@@H]2[C@@H](OC(C)=O)[C@@H]1OC(C)=O. The van der Waals surface area contributed by atoms with E-state index in [1.165, 1.54) is 27.7 Å². The maximum Gasteiger partial charge on any atom is 0.303 e. The lowest BCUT2D eigenvalue weighted by Crippen LogP contribution is -2.70. The molecule has 0 bridgehead atoms. The second-order valence-electron chi connectivity index (χ2n) is 5.81. The Morgan fingerprint density at radius 2 is 1.60 bits per heavy atom. The minimum atomic E-state index is -1.08. The number of hydrogen-bond acceptors (Lipinski definition) is 9. The van der Waals surface area contributed by atoms with E-state index in [4.69, 9.17) is 23.7 Å². The monoisotopic (exact) mass is 359 g/mol. The van der Waals surface area contributed by atoms with Crippen LogP contribution in [0.25, 0.3) is 0 Å². The third kappa shape index (κ3) is 4.67. The Hall–Kier alpha value is -2.20. The van der Waals surface area contributed by atoms with Crippen molar-refractivity contribution in [1.29, 1.82) is 0 Å². The van der Waals surface area contributed by atoms with Gasteiger partial charge in [0.05, 0.1) is 0 Å². The summed E-state index contributed by atoms with van der Waals surface area (Å²) in [5.74, 6) is -2.25. The van der Waals surface area contributed by atoms with Gasteiger partial charge in [0.25, 0.3) is 0 Å². The molecule has 0 aliphatic carbocycles. The van der Waals surface area contributed by atoms with Gasteiger partial charge in [-0.25, -0.2) is 0 Å². The summed E-state index contributed by atoms with van der Waals surface area (Å²) in [6.07, 6.45) is -4.81. The number of nitrogens with one attached hydrogen (secondary N) is 1. The fourth-order valence-corrected chi connectivity index (χ4v) is 2.72. The standard InChI is InChI=1S/C15H21NO9/c1-6-14(20)16-11-13(24-9(4)19)12(23-8(3)18)10(5-21-7(2)17)25-15(11)22-6/h6,10-13,15H,5H2,1-4H3,(H,16,20)/t6-,10-,11-,12-,13-,15-/m1/s1. The lowest BCUT2D eigenvalue weighted by atomic mass is 9.95. The molecule has 25 heavy (non-hydrogen) atoms. The smallest absolute Gasteiger partial charge is 0.303 e. The van der Waals surface area contributed by atoms with E-state index in [-0.39, 0.29) is 6.61 Å². The van der Waals surface area contributed by atoms with Crippen molar-refractivity contribution in [1.82, 2.24) is 5.32 Å². The molecule has 2 fully saturated rings. The highest BCUT2D eigenvalue weighted by molar-refractivity contribution is 5.81. The van der Waals surface area contributed by atoms with Crippen molar-refractivity contribution < 1.29 is 42.9 Å². The number of esters is 3. The van der Waals surface area contributed by atoms with Gasteiger partial charge in [0.2, 0.25) is 5.91 Å². The van der Waals surface area contributed by atoms with Crippen LogP contribution >= 0.6 is 0 Å². The second kappa shape index (κ2) is 7.79. The van der Waals surface area contributed by atoms with Gasteiger partial charge in [-0.15, -0.1) is 0 Å². The van der Waals surface area contributed by atoms with E-state index >= 15 is 0 Å². The van der Waals surface area contributed by atoms with Crippen LogP contribution in [0.15, 0.2) is 0 Å². The van der Waals surface area contributed by atoms with Crippen LogP contribution in [0.5, 0.6) is 0 Å². The number of carbonyl (C=O) groups is 4. The van der Waals surface area contributed by atoms with Crippen LogP contribution in [-0.4, -0.2) is 67.2 Å². The quantitative estimate of drug-likeness (QED) is 0.499. The minimum Gasteiger partial charge on any atom is -0.463 e. The summed E-state index contributed by atoms with van der Waals surface area (Å²) in [5, 5.41) is 2.65. The topological polar surface area (TPSA) is 126 Å². The molecule has 6 atom stereocenters.